The molecule has 144 valence electrons. The summed E-state index contributed by atoms with van der Waals surface area (Å²) in [4.78, 5) is 25.9. The number of allylic oxidation sites excluding steroid dienone is 3. The zero-order valence-corrected chi connectivity index (χ0v) is 17.4. The molecule has 0 saturated heterocycles. The van der Waals surface area contributed by atoms with E-state index in [4.69, 9.17) is 27.9 Å². The molecule has 6 heteroatoms. The Labute approximate surface area is 169 Å². The van der Waals surface area contributed by atoms with E-state index in [1.54, 1.807) is 19.1 Å². The fourth-order valence-corrected chi connectivity index (χ4v) is 4.39. The highest BCUT2D eigenvalue weighted by Crippen LogP contribution is 2.48. The highest BCUT2D eigenvalue weighted by atomic mass is 35.5. The number of hydrogen-bond donors (Lipinski definition) is 1. The fraction of sp³-hybridized carbons (Fsp3) is 0.429. The molecule has 0 amide bonds. The minimum absolute atomic E-state index is 0.0177. The minimum Gasteiger partial charge on any atom is -0.463 e. The SMILES string of the molecule is CCOC(=O)C1=C(C)NC2=C(C(=O)CC(C)(C)C2)[C@@H]1c1cccc(Cl)c1Cl. The average molecular weight is 408 g/mol. The fourth-order valence-electron chi connectivity index (χ4n) is 3.97. The van der Waals surface area contributed by atoms with Crippen LogP contribution >= 0.6 is 23.2 Å². The summed E-state index contributed by atoms with van der Waals surface area (Å²) >= 11 is 12.7. The number of esters is 1. The summed E-state index contributed by atoms with van der Waals surface area (Å²) in [5.74, 6) is -1.02. The molecular weight excluding hydrogens is 385 g/mol. The lowest BCUT2D eigenvalue weighted by molar-refractivity contribution is -0.138. The van der Waals surface area contributed by atoms with Crippen molar-refractivity contribution in [2.45, 2.75) is 46.5 Å². The van der Waals surface area contributed by atoms with E-state index < -0.39 is 11.9 Å². The van der Waals surface area contributed by atoms with Crippen LogP contribution in [0, 0.1) is 5.41 Å². The second kappa shape index (κ2) is 7.33. The standard InChI is InChI=1S/C21H23Cl2NO3/c1-5-27-20(26)16-11(2)24-14-9-21(3,4)10-15(25)18(14)17(16)12-7-6-8-13(22)19(12)23/h6-8,17,24H,5,9-10H2,1-4H3/t17-/m1/s1. The number of carbonyl (C=O) groups excluding carboxylic acids is 2. The van der Waals surface area contributed by atoms with E-state index in [-0.39, 0.29) is 17.8 Å². The summed E-state index contributed by atoms with van der Waals surface area (Å²) in [6.07, 6.45) is 1.13. The van der Waals surface area contributed by atoms with Gasteiger partial charge in [-0.2, -0.15) is 0 Å². The van der Waals surface area contributed by atoms with Crippen LogP contribution in [0.2, 0.25) is 10.0 Å². The third kappa shape index (κ3) is 3.65. The summed E-state index contributed by atoms with van der Waals surface area (Å²) in [6.45, 7) is 7.96. The molecule has 0 radical (unpaired) electrons. The largest absolute Gasteiger partial charge is 0.463 e. The number of Topliss-reactive ketones (excluding diaryl/α,β-unsaturated/α-hetero) is 1. The van der Waals surface area contributed by atoms with Crippen LogP contribution in [0.25, 0.3) is 0 Å². The van der Waals surface area contributed by atoms with Gasteiger partial charge in [0.25, 0.3) is 0 Å². The van der Waals surface area contributed by atoms with Gasteiger partial charge in [0.2, 0.25) is 0 Å². The Kier molecular flexibility index (Phi) is 5.42. The smallest absolute Gasteiger partial charge is 0.336 e. The lowest BCUT2D eigenvalue weighted by Gasteiger charge is -2.39. The maximum Gasteiger partial charge on any atom is 0.336 e. The molecule has 0 saturated carbocycles. The predicted octanol–water partition coefficient (Wildman–Crippen LogP) is 5.16. The van der Waals surface area contributed by atoms with Crippen LogP contribution in [0.5, 0.6) is 0 Å². The van der Waals surface area contributed by atoms with Crippen LogP contribution in [0.1, 0.15) is 52.0 Å². The normalized spacial score (nSPS) is 21.7. The van der Waals surface area contributed by atoms with Crippen molar-refractivity contribution >= 4 is 35.0 Å². The topological polar surface area (TPSA) is 55.4 Å². The van der Waals surface area contributed by atoms with Gasteiger partial charge in [-0.05, 0) is 37.3 Å². The van der Waals surface area contributed by atoms with Crippen molar-refractivity contribution in [3.05, 3.63) is 56.3 Å². The number of benzene rings is 1. The quantitative estimate of drug-likeness (QED) is 0.702. The summed E-state index contributed by atoms with van der Waals surface area (Å²) in [5.41, 5.74) is 3.03. The monoisotopic (exact) mass is 407 g/mol. The Hall–Kier alpha value is -1.78. The molecule has 2 aliphatic rings. The Morgan fingerprint density at radius 1 is 1.30 bits per heavy atom. The summed E-state index contributed by atoms with van der Waals surface area (Å²) in [5, 5.41) is 4.03. The molecule has 1 aliphatic heterocycles. The molecule has 4 nitrogen and oxygen atoms in total. The first-order valence-electron chi connectivity index (χ1n) is 9.01. The van der Waals surface area contributed by atoms with Gasteiger partial charge in [-0.1, -0.05) is 49.2 Å². The average Bonchev–Trinajstić information content (AvgIpc) is 2.55. The third-order valence-corrected chi connectivity index (χ3v) is 5.86. The molecule has 1 aliphatic carbocycles. The van der Waals surface area contributed by atoms with Crippen molar-refractivity contribution in [1.29, 1.82) is 0 Å². The molecule has 0 unspecified atom stereocenters. The first-order valence-corrected chi connectivity index (χ1v) is 9.77. The molecule has 1 aromatic carbocycles. The van der Waals surface area contributed by atoms with Gasteiger partial charge < -0.3 is 10.1 Å². The van der Waals surface area contributed by atoms with Crippen LogP contribution in [0.3, 0.4) is 0 Å². The summed E-state index contributed by atoms with van der Waals surface area (Å²) in [7, 11) is 0. The van der Waals surface area contributed by atoms with E-state index in [1.165, 1.54) is 0 Å². The van der Waals surface area contributed by atoms with E-state index in [9.17, 15) is 9.59 Å². The molecule has 0 fully saturated rings. The number of halogens is 2. The van der Waals surface area contributed by atoms with Crippen molar-refractivity contribution in [3.63, 3.8) is 0 Å². The Morgan fingerprint density at radius 2 is 2.00 bits per heavy atom. The maximum atomic E-state index is 13.1. The highest BCUT2D eigenvalue weighted by molar-refractivity contribution is 6.42. The maximum absolute atomic E-state index is 13.1. The number of rotatable bonds is 3. The van der Waals surface area contributed by atoms with E-state index in [2.05, 4.69) is 19.2 Å². The first kappa shape index (κ1) is 20.0. The number of hydrogen-bond acceptors (Lipinski definition) is 4. The van der Waals surface area contributed by atoms with Gasteiger partial charge in [-0.15, -0.1) is 0 Å². The summed E-state index contributed by atoms with van der Waals surface area (Å²) in [6, 6.07) is 5.28. The Morgan fingerprint density at radius 3 is 2.67 bits per heavy atom. The lowest BCUT2D eigenvalue weighted by atomic mass is 9.68. The van der Waals surface area contributed by atoms with E-state index in [0.717, 1.165) is 12.1 Å². The second-order valence-electron chi connectivity index (χ2n) is 7.79. The van der Waals surface area contributed by atoms with Gasteiger partial charge in [0.1, 0.15) is 0 Å². The third-order valence-electron chi connectivity index (χ3n) is 5.03. The van der Waals surface area contributed by atoms with E-state index in [0.29, 0.717) is 38.9 Å². The van der Waals surface area contributed by atoms with Crippen LogP contribution in [-0.4, -0.2) is 18.4 Å². The van der Waals surface area contributed by atoms with Crippen LogP contribution in [-0.2, 0) is 14.3 Å². The van der Waals surface area contributed by atoms with Gasteiger partial charge in [-0.25, -0.2) is 4.79 Å². The van der Waals surface area contributed by atoms with Crippen molar-refractivity contribution in [2.75, 3.05) is 6.61 Å². The number of ketones is 1. The van der Waals surface area contributed by atoms with Crippen molar-refractivity contribution in [2.24, 2.45) is 5.41 Å². The van der Waals surface area contributed by atoms with Crippen molar-refractivity contribution in [1.82, 2.24) is 5.32 Å². The molecule has 0 bridgehead atoms. The first-order chi connectivity index (χ1) is 12.7. The number of nitrogens with one attached hydrogen (secondary N) is 1. The lowest BCUT2D eigenvalue weighted by Crippen LogP contribution is -2.38. The molecule has 1 heterocycles. The summed E-state index contributed by atoms with van der Waals surface area (Å²) < 4.78 is 5.28. The zero-order chi connectivity index (χ0) is 19.9. The van der Waals surface area contributed by atoms with E-state index in [1.807, 2.05) is 13.0 Å². The highest BCUT2D eigenvalue weighted by Gasteiger charge is 2.43. The molecule has 0 aromatic heterocycles. The van der Waals surface area contributed by atoms with Crippen molar-refractivity contribution in [3.8, 4) is 0 Å². The molecule has 1 aromatic rings. The second-order valence-corrected chi connectivity index (χ2v) is 8.58. The molecule has 3 rings (SSSR count). The minimum atomic E-state index is -0.588. The number of carbonyl (C=O) groups is 2. The van der Waals surface area contributed by atoms with Gasteiger partial charge in [0, 0.05) is 29.3 Å². The zero-order valence-electron chi connectivity index (χ0n) is 15.9. The van der Waals surface area contributed by atoms with E-state index >= 15 is 0 Å². The molecule has 1 atom stereocenters. The van der Waals surface area contributed by atoms with Crippen LogP contribution in [0.4, 0.5) is 0 Å². The van der Waals surface area contributed by atoms with Crippen molar-refractivity contribution < 1.29 is 14.3 Å². The molecule has 27 heavy (non-hydrogen) atoms. The molecule has 1 N–H and O–H groups in total. The Balaban J connectivity index is 2.24. The Bertz CT molecular complexity index is 883. The molecular formula is C21H23Cl2NO3. The number of dihydropyridines is 1. The number of ether oxygens (including phenoxy) is 1. The van der Waals surface area contributed by atoms with Crippen LogP contribution in [0.15, 0.2) is 40.7 Å². The van der Waals surface area contributed by atoms with Gasteiger partial charge in [0.05, 0.1) is 22.2 Å². The van der Waals surface area contributed by atoms with Crippen LogP contribution < -0.4 is 5.32 Å². The van der Waals surface area contributed by atoms with Gasteiger partial charge in [0.15, 0.2) is 5.78 Å². The molecule has 0 spiro atoms. The predicted molar refractivity (Wildman–Crippen MR) is 107 cm³/mol. The van der Waals surface area contributed by atoms with Gasteiger partial charge >= 0.3 is 5.97 Å². The van der Waals surface area contributed by atoms with Gasteiger partial charge in [-0.3, -0.25) is 4.79 Å².